The number of rotatable bonds is 3. The quantitative estimate of drug-likeness (QED) is 0.626. The van der Waals surface area contributed by atoms with Gasteiger partial charge in [0.25, 0.3) is 5.91 Å². The Hall–Kier alpha value is -3.37. The third kappa shape index (κ3) is 4.61. The van der Waals surface area contributed by atoms with Gasteiger partial charge in [-0.15, -0.1) is 0 Å². The van der Waals surface area contributed by atoms with Crippen LogP contribution in [0.25, 0.3) is 5.69 Å². The van der Waals surface area contributed by atoms with E-state index in [1.54, 1.807) is 12.1 Å². The third-order valence-electron chi connectivity index (χ3n) is 5.82. The van der Waals surface area contributed by atoms with Gasteiger partial charge < -0.3 is 5.32 Å². The van der Waals surface area contributed by atoms with E-state index in [4.69, 9.17) is 0 Å². The van der Waals surface area contributed by atoms with Crippen molar-refractivity contribution in [2.75, 3.05) is 11.5 Å². The zero-order chi connectivity index (χ0) is 22.9. The molecular weight excluding hydrogens is 422 g/mol. The van der Waals surface area contributed by atoms with E-state index < -0.39 is 9.84 Å². The van der Waals surface area contributed by atoms with E-state index in [-0.39, 0.29) is 23.5 Å². The maximum Gasteiger partial charge on any atom is 0.251 e. The van der Waals surface area contributed by atoms with Crippen molar-refractivity contribution in [3.05, 3.63) is 82.2 Å². The van der Waals surface area contributed by atoms with Crippen LogP contribution in [0.15, 0.2) is 48.5 Å². The van der Waals surface area contributed by atoms with Gasteiger partial charge in [0.1, 0.15) is 0 Å². The summed E-state index contributed by atoms with van der Waals surface area (Å²) >= 11 is 0. The van der Waals surface area contributed by atoms with Gasteiger partial charge in [-0.05, 0) is 63.1 Å². The topological polar surface area (TPSA) is 81.1 Å². The van der Waals surface area contributed by atoms with Crippen LogP contribution in [-0.2, 0) is 9.84 Å². The number of nitrogens with zero attached hydrogens (tertiary/aromatic N) is 2. The summed E-state index contributed by atoms with van der Waals surface area (Å²) in [5.41, 5.74) is 5.83. The molecule has 1 fully saturated rings. The normalized spacial score (nSPS) is 16.9. The first kappa shape index (κ1) is 21.8. The van der Waals surface area contributed by atoms with Crippen LogP contribution in [0.3, 0.4) is 0 Å². The second kappa shape index (κ2) is 8.64. The SMILES string of the molecule is Cc1nn(-c2ccc(C(=O)N[C@@H]3CCS(=O)(=O)C3)cc2C#Cc2ccccc2)c(C)c1C. The lowest BCUT2D eigenvalue weighted by Gasteiger charge is -2.13. The predicted molar refractivity (Wildman–Crippen MR) is 125 cm³/mol. The van der Waals surface area contributed by atoms with Crippen molar-refractivity contribution < 1.29 is 13.2 Å². The summed E-state index contributed by atoms with van der Waals surface area (Å²) in [7, 11) is -3.07. The van der Waals surface area contributed by atoms with Gasteiger partial charge in [0.05, 0.1) is 28.5 Å². The minimum atomic E-state index is -3.07. The zero-order valence-electron chi connectivity index (χ0n) is 18.3. The Balaban J connectivity index is 1.72. The minimum Gasteiger partial charge on any atom is -0.348 e. The van der Waals surface area contributed by atoms with Crippen LogP contribution in [0.4, 0.5) is 0 Å². The number of aryl methyl sites for hydroxylation is 1. The van der Waals surface area contributed by atoms with Crippen LogP contribution < -0.4 is 5.32 Å². The molecular formula is C25H25N3O3S. The first-order valence-corrected chi connectivity index (χ1v) is 12.3. The molecule has 7 heteroatoms. The molecule has 0 bridgehead atoms. The van der Waals surface area contributed by atoms with E-state index in [9.17, 15) is 13.2 Å². The summed E-state index contributed by atoms with van der Waals surface area (Å²) in [6.45, 7) is 6.00. The summed E-state index contributed by atoms with van der Waals surface area (Å²) in [5, 5.41) is 7.50. The number of amides is 1. The average molecular weight is 448 g/mol. The molecule has 0 aliphatic carbocycles. The predicted octanol–water partition coefficient (Wildman–Crippen LogP) is 3.11. The lowest BCUT2D eigenvalue weighted by atomic mass is 10.1. The number of carbonyl (C=O) groups excluding carboxylic acids is 1. The first-order chi connectivity index (χ1) is 15.2. The van der Waals surface area contributed by atoms with Crippen molar-refractivity contribution in [1.82, 2.24) is 15.1 Å². The Morgan fingerprint density at radius 1 is 1.09 bits per heavy atom. The van der Waals surface area contributed by atoms with Crippen LogP contribution in [0.5, 0.6) is 0 Å². The summed E-state index contributed by atoms with van der Waals surface area (Å²) in [5.74, 6) is 6.16. The second-order valence-corrected chi connectivity index (χ2v) is 10.4. The number of aromatic nitrogens is 2. The van der Waals surface area contributed by atoms with Crippen LogP contribution in [0.1, 0.15) is 44.9 Å². The Kier molecular flexibility index (Phi) is 5.90. The molecule has 4 rings (SSSR count). The van der Waals surface area contributed by atoms with Crippen LogP contribution in [-0.4, -0.2) is 41.7 Å². The van der Waals surface area contributed by atoms with Gasteiger partial charge in [0, 0.05) is 22.9 Å². The Bertz CT molecular complexity index is 1350. The fraction of sp³-hybridized carbons (Fsp3) is 0.280. The van der Waals surface area contributed by atoms with E-state index in [1.165, 1.54) is 0 Å². The monoisotopic (exact) mass is 447 g/mol. The number of benzene rings is 2. The highest BCUT2D eigenvalue weighted by molar-refractivity contribution is 7.91. The lowest BCUT2D eigenvalue weighted by molar-refractivity contribution is 0.0941. The molecule has 1 aliphatic rings. The lowest BCUT2D eigenvalue weighted by Crippen LogP contribution is -2.35. The molecule has 1 atom stereocenters. The summed E-state index contributed by atoms with van der Waals surface area (Å²) < 4.78 is 25.3. The molecule has 2 heterocycles. The number of hydrogen-bond acceptors (Lipinski definition) is 4. The second-order valence-electron chi connectivity index (χ2n) is 8.13. The Labute approximate surface area is 188 Å². The van der Waals surface area contributed by atoms with E-state index >= 15 is 0 Å². The van der Waals surface area contributed by atoms with Crippen molar-refractivity contribution in [2.24, 2.45) is 0 Å². The minimum absolute atomic E-state index is 0.0114. The molecule has 32 heavy (non-hydrogen) atoms. The van der Waals surface area contributed by atoms with Crippen LogP contribution in [0.2, 0.25) is 0 Å². The first-order valence-electron chi connectivity index (χ1n) is 10.5. The van der Waals surface area contributed by atoms with Gasteiger partial charge >= 0.3 is 0 Å². The van der Waals surface area contributed by atoms with Gasteiger partial charge in [-0.25, -0.2) is 13.1 Å². The molecule has 6 nitrogen and oxygen atoms in total. The molecule has 1 amide bonds. The average Bonchev–Trinajstić information content (AvgIpc) is 3.25. The molecule has 2 aromatic carbocycles. The molecule has 3 aromatic rings. The summed E-state index contributed by atoms with van der Waals surface area (Å²) in [6.07, 6.45) is 0.442. The van der Waals surface area contributed by atoms with E-state index in [0.717, 1.165) is 28.2 Å². The van der Waals surface area contributed by atoms with Gasteiger partial charge in [-0.1, -0.05) is 30.0 Å². The largest absolute Gasteiger partial charge is 0.348 e. The highest BCUT2D eigenvalue weighted by Crippen LogP contribution is 2.22. The smallest absolute Gasteiger partial charge is 0.251 e. The highest BCUT2D eigenvalue weighted by Gasteiger charge is 2.29. The maximum absolute atomic E-state index is 12.8. The Morgan fingerprint density at radius 3 is 2.47 bits per heavy atom. The summed E-state index contributed by atoms with van der Waals surface area (Å²) in [4.78, 5) is 12.8. The van der Waals surface area contributed by atoms with Crippen molar-refractivity contribution in [1.29, 1.82) is 0 Å². The fourth-order valence-electron chi connectivity index (χ4n) is 3.76. The number of nitrogens with one attached hydrogen (secondary N) is 1. The van der Waals surface area contributed by atoms with Crippen molar-refractivity contribution >= 4 is 15.7 Å². The molecule has 164 valence electrons. The molecule has 0 radical (unpaired) electrons. The molecule has 1 N–H and O–H groups in total. The summed E-state index contributed by atoms with van der Waals surface area (Å²) in [6, 6.07) is 14.6. The van der Waals surface area contributed by atoms with E-state index in [2.05, 4.69) is 22.3 Å². The van der Waals surface area contributed by atoms with E-state index in [0.29, 0.717) is 17.5 Å². The molecule has 0 unspecified atom stereocenters. The third-order valence-corrected chi connectivity index (χ3v) is 7.59. The molecule has 1 saturated heterocycles. The number of hydrogen-bond donors (Lipinski definition) is 1. The number of sulfone groups is 1. The van der Waals surface area contributed by atoms with Gasteiger partial charge in [0.15, 0.2) is 9.84 Å². The van der Waals surface area contributed by atoms with Crippen molar-refractivity contribution in [2.45, 2.75) is 33.2 Å². The van der Waals surface area contributed by atoms with Crippen LogP contribution in [0, 0.1) is 32.6 Å². The van der Waals surface area contributed by atoms with Crippen molar-refractivity contribution in [3.8, 4) is 17.5 Å². The van der Waals surface area contributed by atoms with Crippen molar-refractivity contribution in [3.63, 3.8) is 0 Å². The fourth-order valence-corrected chi connectivity index (χ4v) is 5.43. The van der Waals surface area contributed by atoms with Gasteiger partial charge in [0.2, 0.25) is 0 Å². The van der Waals surface area contributed by atoms with Crippen LogP contribution >= 0.6 is 0 Å². The molecule has 0 spiro atoms. The standard InChI is InChI=1S/C25H25N3O3S/c1-17-18(2)27-28(19(17)3)24-12-11-22(25(29)26-23-13-14-32(30,31)16-23)15-21(24)10-9-20-7-5-4-6-8-20/h4-8,11-12,15,23H,13-14,16H2,1-3H3,(H,26,29)/t23-/m1/s1. The highest BCUT2D eigenvalue weighted by atomic mass is 32.2. The maximum atomic E-state index is 12.8. The van der Waals surface area contributed by atoms with E-state index in [1.807, 2.05) is 61.9 Å². The van der Waals surface area contributed by atoms with Gasteiger partial charge in [-0.2, -0.15) is 5.10 Å². The molecule has 1 aliphatic heterocycles. The molecule has 1 aromatic heterocycles. The van der Waals surface area contributed by atoms with Gasteiger partial charge in [-0.3, -0.25) is 4.79 Å². The zero-order valence-corrected chi connectivity index (χ0v) is 19.2. The molecule has 0 saturated carbocycles. The Morgan fingerprint density at radius 2 is 1.84 bits per heavy atom. The number of carbonyl (C=O) groups is 1.